The molecule has 0 spiro atoms. The van der Waals surface area contributed by atoms with Gasteiger partial charge in [-0.15, -0.1) is 0 Å². The molecule has 2 rings (SSSR count). The molecule has 0 saturated carbocycles. The molecule has 1 aliphatic heterocycles. The van der Waals surface area contributed by atoms with E-state index in [-0.39, 0.29) is 35.7 Å². The summed E-state index contributed by atoms with van der Waals surface area (Å²) in [6, 6.07) is 6.49. The molecule has 8 heteroatoms. The van der Waals surface area contributed by atoms with Gasteiger partial charge in [-0.2, -0.15) is 4.31 Å². The highest BCUT2D eigenvalue weighted by Crippen LogP contribution is 2.23. The first kappa shape index (κ1) is 23.3. The first-order valence-corrected chi connectivity index (χ1v) is 11.7. The molecule has 162 valence electrons. The maximum absolute atomic E-state index is 13.0. The molecule has 0 aromatic heterocycles. The zero-order valence-electron chi connectivity index (χ0n) is 18.0. The molecule has 1 fully saturated rings. The lowest BCUT2D eigenvalue weighted by Crippen LogP contribution is -2.56. The Balaban J connectivity index is 2.05. The van der Waals surface area contributed by atoms with Gasteiger partial charge in [-0.1, -0.05) is 39.8 Å². The second-order valence-corrected chi connectivity index (χ2v) is 9.97. The molecule has 1 heterocycles. The van der Waals surface area contributed by atoms with Crippen LogP contribution in [0.5, 0.6) is 0 Å². The summed E-state index contributed by atoms with van der Waals surface area (Å²) in [6.07, 6.45) is 0.998. The minimum Gasteiger partial charge on any atom is -0.344 e. The summed E-state index contributed by atoms with van der Waals surface area (Å²) in [6.45, 7) is 10.5. The van der Waals surface area contributed by atoms with Gasteiger partial charge < -0.3 is 10.2 Å². The van der Waals surface area contributed by atoms with Gasteiger partial charge in [0.1, 0.15) is 6.04 Å². The maximum Gasteiger partial charge on any atom is 0.245 e. The molecule has 7 nitrogen and oxygen atoms in total. The summed E-state index contributed by atoms with van der Waals surface area (Å²) in [4.78, 5) is 26.1. The van der Waals surface area contributed by atoms with Gasteiger partial charge in [0.2, 0.25) is 21.8 Å². The molecule has 2 unspecified atom stereocenters. The van der Waals surface area contributed by atoms with Crippen molar-refractivity contribution in [3.05, 3.63) is 29.8 Å². The summed E-state index contributed by atoms with van der Waals surface area (Å²) in [5, 5.41) is 2.70. The summed E-state index contributed by atoms with van der Waals surface area (Å²) in [5.41, 5.74) is 1.12. The first-order chi connectivity index (χ1) is 13.6. The Morgan fingerprint density at radius 3 is 2.03 bits per heavy atom. The van der Waals surface area contributed by atoms with E-state index in [0.717, 1.165) is 12.0 Å². The fourth-order valence-corrected chi connectivity index (χ4v) is 4.85. The molecule has 29 heavy (non-hydrogen) atoms. The molecular formula is C21H33N3O4S. The Labute approximate surface area is 174 Å². The second kappa shape index (κ2) is 9.71. The normalized spacial score (nSPS) is 17.8. The van der Waals surface area contributed by atoms with Crippen LogP contribution in [0.2, 0.25) is 0 Å². The summed E-state index contributed by atoms with van der Waals surface area (Å²) < 4.78 is 27.4. The van der Waals surface area contributed by atoms with E-state index in [1.165, 1.54) is 11.2 Å². The van der Waals surface area contributed by atoms with Gasteiger partial charge in [-0.05, 0) is 36.0 Å². The number of nitrogens with one attached hydrogen (secondary N) is 1. The van der Waals surface area contributed by atoms with Crippen LogP contribution in [0.15, 0.2) is 29.2 Å². The summed E-state index contributed by atoms with van der Waals surface area (Å²) in [5.74, 6) is -0.0692. The average molecular weight is 424 g/mol. The van der Waals surface area contributed by atoms with Gasteiger partial charge in [0.25, 0.3) is 0 Å². The van der Waals surface area contributed by atoms with Crippen LogP contribution in [-0.4, -0.2) is 61.7 Å². The SMILES string of the molecule is CCC(C)c1ccc(S(=O)(=O)N2CCN(C(=O)C(NC(C)=O)C(C)C)CC2)cc1. The second-order valence-electron chi connectivity index (χ2n) is 8.03. The fourth-order valence-electron chi connectivity index (χ4n) is 3.43. The van der Waals surface area contributed by atoms with Crippen molar-refractivity contribution in [2.24, 2.45) is 5.92 Å². The van der Waals surface area contributed by atoms with Crippen LogP contribution in [0.4, 0.5) is 0 Å². The van der Waals surface area contributed by atoms with Crippen molar-refractivity contribution in [2.45, 2.75) is 57.9 Å². The Morgan fingerprint density at radius 2 is 1.59 bits per heavy atom. The van der Waals surface area contributed by atoms with E-state index in [1.807, 2.05) is 26.0 Å². The third kappa shape index (κ3) is 5.57. The molecule has 2 atom stereocenters. The molecule has 1 N–H and O–H groups in total. The van der Waals surface area contributed by atoms with Crippen LogP contribution >= 0.6 is 0 Å². The van der Waals surface area contributed by atoms with E-state index in [9.17, 15) is 18.0 Å². The smallest absolute Gasteiger partial charge is 0.245 e. The van der Waals surface area contributed by atoms with E-state index in [1.54, 1.807) is 17.0 Å². The van der Waals surface area contributed by atoms with E-state index in [4.69, 9.17) is 0 Å². The van der Waals surface area contributed by atoms with Crippen molar-refractivity contribution >= 4 is 21.8 Å². The fraction of sp³-hybridized carbons (Fsp3) is 0.619. The highest BCUT2D eigenvalue weighted by Gasteiger charge is 2.33. The third-order valence-corrected chi connectivity index (χ3v) is 7.45. The number of piperazine rings is 1. The third-order valence-electron chi connectivity index (χ3n) is 5.54. The molecule has 0 aliphatic carbocycles. The predicted molar refractivity (Wildman–Crippen MR) is 113 cm³/mol. The van der Waals surface area contributed by atoms with Gasteiger partial charge in [0, 0.05) is 33.1 Å². The average Bonchev–Trinajstić information content (AvgIpc) is 2.70. The molecule has 0 bridgehead atoms. The monoisotopic (exact) mass is 423 g/mol. The van der Waals surface area contributed by atoms with Gasteiger partial charge in [-0.25, -0.2) is 8.42 Å². The van der Waals surface area contributed by atoms with E-state index in [0.29, 0.717) is 19.0 Å². The molecule has 1 aliphatic rings. The lowest BCUT2D eigenvalue weighted by Gasteiger charge is -2.36. The largest absolute Gasteiger partial charge is 0.344 e. The Hall–Kier alpha value is -1.93. The number of carbonyl (C=O) groups is 2. The van der Waals surface area contributed by atoms with Crippen molar-refractivity contribution in [3.63, 3.8) is 0 Å². The molecular weight excluding hydrogens is 390 g/mol. The molecule has 1 aromatic rings. The van der Waals surface area contributed by atoms with Crippen molar-refractivity contribution in [2.75, 3.05) is 26.2 Å². The van der Waals surface area contributed by atoms with Crippen LogP contribution in [0.1, 0.15) is 52.5 Å². The quantitative estimate of drug-likeness (QED) is 0.728. The van der Waals surface area contributed by atoms with Crippen LogP contribution in [0, 0.1) is 5.92 Å². The number of hydrogen-bond donors (Lipinski definition) is 1. The predicted octanol–water partition coefficient (Wildman–Crippen LogP) is 2.19. The molecule has 1 aromatic carbocycles. The van der Waals surface area contributed by atoms with Crippen molar-refractivity contribution < 1.29 is 18.0 Å². The topological polar surface area (TPSA) is 86.8 Å². The van der Waals surface area contributed by atoms with Gasteiger partial charge in [0.15, 0.2) is 0 Å². The highest BCUT2D eigenvalue weighted by molar-refractivity contribution is 7.89. The Morgan fingerprint density at radius 1 is 1.03 bits per heavy atom. The van der Waals surface area contributed by atoms with Crippen LogP contribution in [-0.2, 0) is 19.6 Å². The minimum absolute atomic E-state index is 0.0443. The zero-order chi connectivity index (χ0) is 21.8. The number of nitrogens with zero attached hydrogens (tertiary/aromatic N) is 2. The van der Waals surface area contributed by atoms with Crippen molar-refractivity contribution in [1.82, 2.24) is 14.5 Å². The van der Waals surface area contributed by atoms with Crippen molar-refractivity contribution in [1.29, 1.82) is 0 Å². The van der Waals surface area contributed by atoms with E-state index in [2.05, 4.69) is 19.2 Å². The number of benzene rings is 1. The lowest BCUT2D eigenvalue weighted by molar-refractivity contribution is -0.138. The first-order valence-electron chi connectivity index (χ1n) is 10.2. The number of sulfonamides is 1. The minimum atomic E-state index is -3.59. The van der Waals surface area contributed by atoms with Crippen LogP contribution in [0.3, 0.4) is 0 Å². The summed E-state index contributed by atoms with van der Waals surface area (Å²) >= 11 is 0. The number of rotatable bonds is 7. The molecule has 0 radical (unpaired) electrons. The maximum atomic E-state index is 13.0. The molecule has 2 amide bonds. The Kier molecular flexibility index (Phi) is 7.82. The zero-order valence-corrected chi connectivity index (χ0v) is 18.8. The highest BCUT2D eigenvalue weighted by atomic mass is 32.2. The van der Waals surface area contributed by atoms with Crippen molar-refractivity contribution in [3.8, 4) is 0 Å². The molecule has 1 saturated heterocycles. The lowest BCUT2D eigenvalue weighted by atomic mass is 9.99. The van der Waals surface area contributed by atoms with Gasteiger partial charge >= 0.3 is 0 Å². The van der Waals surface area contributed by atoms with Gasteiger partial charge in [-0.3, -0.25) is 9.59 Å². The standard InChI is InChI=1S/C21H33N3O4S/c1-6-16(4)18-7-9-19(10-8-18)29(27,28)24-13-11-23(12-14-24)21(26)20(15(2)3)22-17(5)25/h7-10,15-16,20H,6,11-14H2,1-5H3,(H,22,25). The number of carbonyl (C=O) groups excluding carboxylic acids is 2. The van der Waals surface area contributed by atoms with E-state index < -0.39 is 16.1 Å². The van der Waals surface area contributed by atoms with Gasteiger partial charge in [0.05, 0.1) is 4.90 Å². The van der Waals surface area contributed by atoms with Crippen LogP contribution < -0.4 is 5.32 Å². The Bertz CT molecular complexity index is 813. The van der Waals surface area contributed by atoms with Crippen LogP contribution in [0.25, 0.3) is 0 Å². The summed E-state index contributed by atoms with van der Waals surface area (Å²) in [7, 11) is -3.59. The number of hydrogen-bond acceptors (Lipinski definition) is 4. The number of amides is 2. The van der Waals surface area contributed by atoms with E-state index >= 15 is 0 Å².